The fourth-order valence-electron chi connectivity index (χ4n) is 2.70. The fourth-order valence-corrected chi connectivity index (χ4v) is 2.70. The van der Waals surface area contributed by atoms with Crippen LogP contribution in [-0.2, 0) is 4.79 Å². The second kappa shape index (κ2) is 9.73. The van der Waals surface area contributed by atoms with E-state index in [9.17, 15) is 9.18 Å². The molecule has 0 saturated heterocycles. The Morgan fingerprint density at radius 1 is 1.19 bits per heavy atom. The van der Waals surface area contributed by atoms with E-state index in [2.05, 4.69) is 5.32 Å². The minimum Gasteiger partial charge on any atom is -0.497 e. The zero-order chi connectivity index (χ0) is 19.8. The van der Waals surface area contributed by atoms with E-state index in [4.69, 9.17) is 9.47 Å². The number of likely N-dealkylation sites (N-methyl/N-ethyl adjacent to an activating group) is 1. The Hall–Kier alpha value is -2.86. The molecule has 0 heterocycles. The molecule has 1 N–H and O–H groups in total. The van der Waals surface area contributed by atoms with Crippen molar-refractivity contribution in [2.75, 3.05) is 34.9 Å². The highest BCUT2D eigenvalue weighted by Gasteiger charge is 2.15. The zero-order valence-electron chi connectivity index (χ0n) is 16.0. The Morgan fingerprint density at radius 3 is 2.59 bits per heavy atom. The van der Waals surface area contributed by atoms with Gasteiger partial charge in [0.15, 0.2) is 0 Å². The van der Waals surface area contributed by atoms with Crippen molar-refractivity contribution >= 4 is 12.0 Å². The largest absolute Gasteiger partial charge is 0.497 e. The number of hydrogen-bond acceptors (Lipinski definition) is 4. The first kappa shape index (κ1) is 20.5. The van der Waals surface area contributed by atoms with Gasteiger partial charge in [-0.15, -0.1) is 0 Å². The molecular formula is C21H25FN2O3. The molecule has 0 saturated carbocycles. The molecule has 0 aromatic heterocycles. The lowest BCUT2D eigenvalue weighted by Gasteiger charge is -2.25. The van der Waals surface area contributed by atoms with E-state index in [-0.39, 0.29) is 17.8 Å². The van der Waals surface area contributed by atoms with Gasteiger partial charge in [-0.3, -0.25) is 4.79 Å². The van der Waals surface area contributed by atoms with Crippen LogP contribution in [0.5, 0.6) is 11.5 Å². The average Bonchev–Trinajstić information content (AvgIpc) is 2.66. The highest BCUT2D eigenvalue weighted by Crippen LogP contribution is 2.25. The molecule has 0 aliphatic carbocycles. The van der Waals surface area contributed by atoms with Crippen LogP contribution in [0.15, 0.2) is 48.5 Å². The van der Waals surface area contributed by atoms with E-state index in [0.29, 0.717) is 18.0 Å². The monoisotopic (exact) mass is 372 g/mol. The first-order valence-electron chi connectivity index (χ1n) is 8.54. The predicted octanol–water partition coefficient (Wildman–Crippen LogP) is 3.28. The highest BCUT2D eigenvalue weighted by atomic mass is 19.1. The van der Waals surface area contributed by atoms with E-state index in [1.807, 2.05) is 25.1 Å². The molecule has 5 nitrogen and oxygen atoms in total. The summed E-state index contributed by atoms with van der Waals surface area (Å²) >= 11 is 0. The van der Waals surface area contributed by atoms with Gasteiger partial charge in [-0.05, 0) is 56.1 Å². The molecule has 2 rings (SSSR count). The molecule has 0 radical (unpaired) electrons. The molecule has 27 heavy (non-hydrogen) atoms. The summed E-state index contributed by atoms with van der Waals surface area (Å²) in [6.45, 7) is 0.356. The molecule has 2 aromatic carbocycles. The molecule has 0 bridgehead atoms. The molecule has 144 valence electrons. The van der Waals surface area contributed by atoms with Crippen LogP contribution in [-0.4, -0.2) is 45.7 Å². The van der Waals surface area contributed by atoms with E-state index >= 15 is 0 Å². The lowest BCUT2D eigenvalue weighted by atomic mass is 10.1. The molecule has 0 unspecified atom stereocenters. The van der Waals surface area contributed by atoms with Gasteiger partial charge in [-0.1, -0.05) is 12.1 Å². The van der Waals surface area contributed by atoms with Crippen LogP contribution >= 0.6 is 0 Å². The number of methoxy groups -OCH3 is 2. The lowest BCUT2D eigenvalue weighted by Crippen LogP contribution is -2.33. The van der Waals surface area contributed by atoms with Crippen molar-refractivity contribution in [3.05, 3.63) is 65.5 Å². The number of nitrogens with zero attached hydrogens (tertiary/aromatic N) is 1. The zero-order valence-corrected chi connectivity index (χ0v) is 16.0. The molecule has 0 fully saturated rings. The molecule has 1 amide bonds. The Bertz CT molecular complexity index is 806. The number of benzene rings is 2. The highest BCUT2D eigenvalue weighted by molar-refractivity contribution is 5.92. The average molecular weight is 372 g/mol. The Labute approximate surface area is 159 Å². The van der Waals surface area contributed by atoms with Gasteiger partial charge in [0.1, 0.15) is 17.3 Å². The minimum atomic E-state index is -0.296. The van der Waals surface area contributed by atoms with Crippen molar-refractivity contribution < 1.29 is 18.7 Å². The third-order valence-electron chi connectivity index (χ3n) is 4.18. The van der Waals surface area contributed by atoms with Crippen molar-refractivity contribution in [1.82, 2.24) is 10.2 Å². The predicted molar refractivity (Wildman–Crippen MR) is 104 cm³/mol. The third kappa shape index (κ3) is 5.82. The molecule has 2 aromatic rings. The maximum absolute atomic E-state index is 13.5. The van der Waals surface area contributed by atoms with Gasteiger partial charge in [0, 0.05) is 18.2 Å². The minimum absolute atomic E-state index is 0.135. The molecule has 0 aliphatic heterocycles. The molecule has 6 heteroatoms. The van der Waals surface area contributed by atoms with Gasteiger partial charge in [-0.2, -0.15) is 0 Å². The second-order valence-electron chi connectivity index (χ2n) is 6.22. The summed E-state index contributed by atoms with van der Waals surface area (Å²) in [5.74, 6) is 0.777. The van der Waals surface area contributed by atoms with Crippen LogP contribution in [0.4, 0.5) is 4.39 Å². The fraction of sp³-hybridized carbons (Fsp3) is 0.286. The summed E-state index contributed by atoms with van der Waals surface area (Å²) in [7, 11) is 6.92. The number of rotatable bonds is 8. The van der Waals surface area contributed by atoms with Crippen LogP contribution in [0.25, 0.3) is 6.08 Å². The van der Waals surface area contributed by atoms with Gasteiger partial charge >= 0.3 is 0 Å². The van der Waals surface area contributed by atoms with Gasteiger partial charge in [0.05, 0.1) is 20.3 Å². The maximum atomic E-state index is 13.5. The number of hydrogen-bond donors (Lipinski definition) is 1. The van der Waals surface area contributed by atoms with Crippen LogP contribution in [0.2, 0.25) is 0 Å². The Kier molecular flexibility index (Phi) is 7.37. The molecule has 0 aliphatic rings. The summed E-state index contributed by atoms with van der Waals surface area (Å²) in [5.41, 5.74) is 1.54. The van der Waals surface area contributed by atoms with Crippen molar-refractivity contribution in [2.45, 2.75) is 6.04 Å². The number of carbonyl (C=O) groups is 1. The third-order valence-corrected chi connectivity index (χ3v) is 4.18. The number of amides is 1. The van der Waals surface area contributed by atoms with Gasteiger partial charge in [-0.25, -0.2) is 4.39 Å². The van der Waals surface area contributed by atoms with Crippen LogP contribution in [0.1, 0.15) is 17.2 Å². The van der Waals surface area contributed by atoms with Crippen molar-refractivity contribution in [1.29, 1.82) is 0 Å². The Morgan fingerprint density at radius 2 is 1.96 bits per heavy atom. The summed E-state index contributed by atoms with van der Waals surface area (Å²) in [6.07, 6.45) is 3.11. The number of carbonyl (C=O) groups excluding carboxylic acids is 1. The van der Waals surface area contributed by atoms with Crippen molar-refractivity contribution in [2.24, 2.45) is 0 Å². The second-order valence-corrected chi connectivity index (χ2v) is 6.22. The van der Waals surface area contributed by atoms with Crippen molar-refractivity contribution in [3.63, 3.8) is 0 Å². The molecule has 0 spiro atoms. The lowest BCUT2D eigenvalue weighted by molar-refractivity contribution is -0.116. The van der Waals surface area contributed by atoms with E-state index < -0.39 is 0 Å². The smallest absolute Gasteiger partial charge is 0.244 e. The van der Waals surface area contributed by atoms with Gasteiger partial charge in [0.2, 0.25) is 5.91 Å². The van der Waals surface area contributed by atoms with Crippen LogP contribution < -0.4 is 14.8 Å². The standard InChI is InChI=1S/C21H25FN2O3/c1-24(2)19(15-6-5-7-17(22)12-15)14-23-21(25)11-8-16-13-18(26-3)9-10-20(16)27-4/h5-13,19H,14H2,1-4H3,(H,23,25)/b11-8+/t19-/m0/s1. The summed E-state index contributed by atoms with van der Waals surface area (Å²) in [4.78, 5) is 14.2. The summed E-state index contributed by atoms with van der Waals surface area (Å²) in [5, 5.41) is 2.86. The normalized spacial score (nSPS) is 12.2. The number of nitrogens with one attached hydrogen (secondary N) is 1. The number of halogens is 1. The van der Waals surface area contributed by atoms with E-state index in [1.165, 1.54) is 18.2 Å². The first-order valence-corrected chi connectivity index (χ1v) is 8.54. The van der Waals surface area contributed by atoms with Gasteiger partial charge in [0.25, 0.3) is 0 Å². The van der Waals surface area contributed by atoms with Crippen LogP contribution in [0.3, 0.4) is 0 Å². The molecular weight excluding hydrogens is 347 g/mol. The van der Waals surface area contributed by atoms with Crippen LogP contribution in [0, 0.1) is 5.82 Å². The van der Waals surface area contributed by atoms with E-state index in [0.717, 1.165) is 11.1 Å². The summed E-state index contributed by atoms with van der Waals surface area (Å²) < 4.78 is 24.0. The summed E-state index contributed by atoms with van der Waals surface area (Å²) in [6, 6.07) is 11.6. The Balaban J connectivity index is 2.05. The maximum Gasteiger partial charge on any atom is 0.244 e. The topological polar surface area (TPSA) is 50.8 Å². The van der Waals surface area contributed by atoms with Gasteiger partial charge < -0.3 is 19.7 Å². The first-order chi connectivity index (χ1) is 12.9. The molecule has 1 atom stereocenters. The quantitative estimate of drug-likeness (QED) is 0.723. The number of ether oxygens (including phenoxy) is 2. The van der Waals surface area contributed by atoms with Crippen molar-refractivity contribution in [3.8, 4) is 11.5 Å². The van der Waals surface area contributed by atoms with E-state index in [1.54, 1.807) is 44.6 Å². The SMILES string of the molecule is COc1ccc(OC)c(/C=C/C(=O)NC[C@@H](c2cccc(F)c2)N(C)C)c1.